The molecule has 0 atom stereocenters. The van der Waals surface area contributed by atoms with E-state index < -0.39 is 0 Å². The van der Waals surface area contributed by atoms with Crippen molar-refractivity contribution >= 4 is 12.2 Å². The second-order valence-corrected chi connectivity index (χ2v) is 7.37. The number of benzene rings is 1. The van der Waals surface area contributed by atoms with Crippen LogP contribution in [-0.4, -0.2) is 9.97 Å². The molecule has 2 nitrogen and oxygen atoms in total. The lowest BCUT2D eigenvalue weighted by Crippen LogP contribution is -2.17. The Kier molecular flexibility index (Phi) is 3.70. The maximum atomic E-state index is 5.38. The highest BCUT2D eigenvalue weighted by molar-refractivity contribution is 7.71. The molecule has 0 spiro atoms. The summed E-state index contributed by atoms with van der Waals surface area (Å²) in [4.78, 5) is 8.01. The van der Waals surface area contributed by atoms with Gasteiger partial charge in [-0.2, -0.15) is 0 Å². The molecule has 1 heterocycles. The van der Waals surface area contributed by atoms with E-state index in [2.05, 4.69) is 55.0 Å². The van der Waals surface area contributed by atoms with Gasteiger partial charge in [0.2, 0.25) is 0 Å². The lowest BCUT2D eigenvalue weighted by atomic mass is 9.78. The van der Waals surface area contributed by atoms with Gasteiger partial charge in [0.1, 0.15) is 10.5 Å². The lowest BCUT2D eigenvalue weighted by Gasteiger charge is -2.28. The maximum Gasteiger partial charge on any atom is 0.130 e. The summed E-state index contributed by atoms with van der Waals surface area (Å²) in [5.41, 5.74) is 3.79. The van der Waals surface area contributed by atoms with Gasteiger partial charge >= 0.3 is 0 Å². The van der Waals surface area contributed by atoms with Crippen LogP contribution >= 0.6 is 12.2 Å². The molecule has 1 aliphatic carbocycles. The van der Waals surface area contributed by atoms with Crippen molar-refractivity contribution in [3.63, 3.8) is 0 Å². The van der Waals surface area contributed by atoms with Crippen LogP contribution in [0.3, 0.4) is 0 Å². The smallest absolute Gasteiger partial charge is 0.130 e. The first-order valence-electron chi connectivity index (χ1n) is 7.66. The minimum Gasteiger partial charge on any atom is -0.343 e. The third kappa shape index (κ3) is 2.93. The Morgan fingerprint density at radius 2 is 1.90 bits per heavy atom. The second kappa shape index (κ2) is 5.38. The Hall–Kier alpha value is -1.48. The van der Waals surface area contributed by atoms with Gasteiger partial charge in [0.25, 0.3) is 0 Å². The fourth-order valence-corrected chi connectivity index (χ4v) is 2.98. The molecule has 1 aliphatic rings. The molecule has 0 aliphatic heterocycles. The van der Waals surface area contributed by atoms with E-state index >= 15 is 0 Å². The van der Waals surface area contributed by atoms with Crippen LogP contribution in [0.2, 0.25) is 0 Å². The number of hydrogen-bond donors (Lipinski definition) is 1. The lowest BCUT2D eigenvalue weighted by molar-refractivity contribution is 0.420. The van der Waals surface area contributed by atoms with E-state index in [1.54, 1.807) is 0 Å². The first-order chi connectivity index (χ1) is 9.95. The molecule has 21 heavy (non-hydrogen) atoms. The van der Waals surface area contributed by atoms with Crippen LogP contribution in [0.25, 0.3) is 11.3 Å². The molecule has 0 bridgehead atoms. The molecule has 1 aromatic carbocycles. The number of rotatable bonds is 2. The minimum absolute atomic E-state index is 0.0328. The summed E-state index contributed by atoms with van der Waals surface area (Å²) in [7, 11) is 0. The zero-order valence-electron chi connectivity index (χ0n) is 12.9. The average molecular weight is 298 g/mol. The van der Waals surface area contributed by atoms with Gasteiger partial charge in [-0.15, -0.1) is 0 Å². The van der Waals surface area contributed by atoms with Crippen LogP contribution in [-0.2, 0) is 5.41 Å². The number of nitrogens with zero attached hydrogens (tertiary/aromatic N) is 1. The SMILES string of the molecule is CC(C)(C)c1nc(=S)cc(-c2ccccc2C2CCC2)[nH]1. The third-order valence-electron chi connectivity index (χ3n) is 4.25. The highest BCUT2D eigenvalue weighted by atomic mass is 32.1. The van der Waals surface area contributed by atoms with E-state index in [9.17, 15) is 0 Å². The van der Waals surface area contributed by atoms with Crippen LogP contribution in [0.4, 0.5) is 0 Å². The first kappa shape index (κ1) is 14.5. The van der Waals surface area contributed by atoms with Gasteiger partial charge in [-0.3, -0.25) is 0 Å². The Labute approximate surface area is 131 Å². The van der Waals surface area contributed by atoms with Crippen molar-refractivity contribution in [2.75, 3.05) is 0 Å². The molecule has 0 saturated heterocycles. The van der Waals surface area contributed by atoms with E-state index in [1.165, 1.54) is 30.4 Å². The molecular formula is C18H22N2S. The topological polar surface area (TPSA) is 28.7 Å². The van der Waals surface area contributed by atoms with Gasteiger partial charge in [0.05, 0.1) is 0 Å². The normalized spacial score (nSPS) is 15.8. The zero-order chi connectivity index (χ0) is 15.0. The minimum atomic E-state index is -0.0328. The van der Waals surface area contributed by atoms with Gasteiger partial charge < -0.3 is 4.98 Å². The fourth-order valence-electron chi connectivity index (χ4n) is 2.78. The molecule has 1 aromatic heterocycles. The molecule has 3 heteroatoms. The highest BCUT2D eigenvalue weighted by Gasteiger charge is 2.23. The molecule has 1 saturated carbocycles. The summed E-state index contributed by atoms with van der Waals surface area (Å²) in [5, 5.41) is 0. The molecular weight excluding hydrogens is 276 g/mol. The van der Waals surface area contributed by atoms with Crippen LogP contribution in [0.5, 0.6) is 0 Å². The Morgan fingerprint density at radius 1 is 1.19 bits per heavy atom. The van der Waals surface area contributed by atoms with Crippen molar-refractivity contribution in [3.05, 3.63) is 46.4 Å². The molecule has 0 radical (unpaired) electrons. The van der Waals surface area contributed by atoms with Crippen molar-refractivity contribution < 1.29 is 0 Å². The number of hydrogen-bond acceptors (Lipinski definition) is 2. The standard InChI is InChI=1S/C18H22N2S/c1-18(2,3)17-19-15(11-16(21)20-17)14-10-5-4-9-13(14)12-7-6-8-12/h4-5,9-12H,6-8H2,1-3H3,(H,19,20,21). The summed E-state index contributed by atoms with van der Waals surface area (Å²) < 4.78 is 0.664. The van der Waals surface area contributed by atoms with Gasteiger partial charge in [0, 0.05) is 16.7 Å². The van der Waals surface area contributed by atoms with Crippen molar-refractivity contribution in [2.24, 2.45) is 0 Å². The van der Waals surface area contributed by atoms with Crippen molar-refractivity contribution in [3.8, 4) is 11.3 Å². The monoisotopic (exact) mass is 298 g/mol. The summed E-state index contributed by atoms with van der Waals surface area (Å²) in [6, 6.07) is 10.7. The predicted molar refractivity (Wildman–Crippen MR) is 90.1 cm³/mol. The Balaban J connectivity index is 2.13. The van der Waals surface area contributed by atoms with Gasteiger partial charge in [-0.25, -0.2) is 4.98 Å². The molecule has 1 N–H and O–H groups in total. The van der Waals surface area contributed by atoms with Crippen LogP contribution in [0.15, 0.2) is 30.3 Å². The highest BCUT2D eigenvalue weighted by Crippen LogP contribution is 2.40. The fraction of sp³-hybridized carbons (Fsp3) is 0.444. The maximum absolute atomic E-state index is 5.38. The second-order valence-electron chi connectivity index (χ2n) is 6.95. The number of aromatic amines is 1. The van der Waals surface area contributed by atoms with E-state index in [1.807, 2.05) is 6.07 Å². The molecule has 0 amide bonds. The zero-order valence-corrected chi connectivity index (χ0v) is 13.8. The quantitative estimate of drug-likeness (QED) is 0.755. The molecule has 110 valence electrons. The summed E-state index contributed by atoms with van der Waals surface area (Å²) in [5.74, 6) is 1.66. The number of nitrogens with one attached hydrogen (secondary N) is 1. The van der Waals surface area contributed by atoms with Crippen molar-refractivity contribution in [1.29, 1.82) is 0 Å². The van der Waals surface area contributed by atoms with Gasteiger partial charge in [-0.1, -0.05) is 63.7 Å². The van der Waals surface area contributed by atoms with E-state index in [-0.39, 0.29) is 5.41 Å². The molecule has 3 rings (SSSR count). The van der Waals surface area contributed by atoms with Crippen LogP contribution < -0.4 is 0 Å². The first-order valence-corrected chi connectivity index (χ1v) is 8.07. The average Bonchev–Trinajstić information content (AvgIpc) is 2.35. The van der Waals surface area contributed by atoms with E-state index in [0.29, 0.717) is 10.6 Å². The molecule has 1 fully saturated rings. The molecule has 0 unspecified atom stereocenters. The summed E-state index contributed by atoms with van der Waals surface area (Å²) >= 11 is 5.38. The Bertz CT molecular complexity index is 706. The van der Waals surface area contributed by atoms with Crippen LogP contribution in [0, 0.1) is 4.64 Å². The van der Waals surface area contributed by atoms with Gasteiger partial charge in [0.15, 0.2) is 0 Å². The van der Waals surface area contributed by atoms with Crippen LogP contribution in [0.1, 0.15) is 57.3 Å². The largest absolute Gasteiger partial charge is 0.343 e. The van der Waals surface area contributed by atoms with Gasteiger partial charge in [-0.05, 0) is 30.4 Å². The molecule has 2 aromatic rings. The van der Waals surface area contributed by atoms with E-state index in [0.717, 1.165) is 11.5 Å². The predicted octanol–water partition coefficient (Wildman–Crippen LogP) is 5.37. The van der Waals surface area contributed by atoms with Crippen molar-refractivity contribution in [1.82, 2.24) is 9.97 Å². The summed E-state index contributed by atoms with van der Waals surface area (Å²) in [6.45, 7) is 6.46. The number of H-pyrrole nitrogens is 1. The van der Waals surface area contributed by atoms with E-state index in [4.69, 9.17) is 12.2 Å². The summed E-state index contributed by atoms with van der Waals surface area (Å²) in [6.07, 6.45) is 3.95. The van der Waals surface area contributed by atoms with Crippen molar-refractivity contribution in [2.45, 2.75) is 51.4 Å². The Morgan fingerprint density at radius 3 is 2.52 bits per heavy atom. The number of aromatic nitrogens is 2. The third-order valence-corrected chi connectivity index (χ3v) is 4.46.